The van der Waals surface area contributed by atoms with Crippen LogP contribution in [0.4, 0.5) is 13.2 Å². The van der Waals surface area contributed by atoms with Gasteiger partial charge in [-0.25, -0.2) is 4.79 Å². The lowest BCUT2D eigenvalue weighted by atomic mass is 9.81. The molecular formula is C11H17F3N2O4. The van der Waals surface area contributed by atoms with Gasteiger partial charge in [0.15, 0.2) is 0 Å². The van der Waals surface area contributed by atoms with Gasteiger partial charge in [0.2, 0.25) is 5.91 Å². The highest BCUT2D eigenvalue weighted by molar-refractivity contribution is 5.77. The molecule has 0 unspecified atom stereocenters. The summed E-state index contributed by atoms with van der Waals surface area (Å²) in [5.41, 5.74) is 0.406. The molecule has 1 spiro atoms. The summed E-state index contributed by atoms with van der Waals surface area (Å²) in [4.78, 5) is 22.3. The predicted octanol–water partition coefficient (Wildman–Crippen LogP) is 0.0880. The maximum absolute atomic E-state index is 11.5. The number of rotatable bonds is 2. The molecule has 0 atom stereocenters. The molecule has 116 valence electrons. The molecule has 6 nitrogen and oxygen atoms in total. The van der Waals surface area contributed by atoms with Crippen LogP contribution < -0.4 is 5.32 Å². The average Bonchev–Trinajstić information content (AvgIpc) is 2.73. The first-order valence-corrected chi connectivity index (χ1v) is 5.98. The van der Waals surface area contributed by atoms with Crippen molar-refractivity contribution in [1.82, 2.24) is 10.2 Å². The van der Waals surface area contributed by atoms with Crippen LogP contribution in [0, 0.1) is 5.41 Å². The summed E-state index contributed by atoms with van der Waals surface area (Å²) in [5.74, 6) is -2.63. The number of nitrogens with zero attached hydrogens (tertiary/aromatic N) is 1. The van der Waals surface area contributed by atoms with E-state index < -0.39 is 12.1 Å². The Labute approximate surface area is 113 Å². The van der Waals surface area contributed by atoms with Crippen molar-refractivity contribution in [3.8, 4) is 0 Å². The van der Waals surface area contributed by atoms with Gasteiger partial charge in [-0.1, -0.05) is 0 Å². The number of halogens is 3. The summed E-state index contributed by atoms with van der Waals surface area (Å²) in [5, 5.41) is 10.4. The fraction of sp³-hybridized carbons (Fsp3) is 0.818. The van der Waals surface area contributed by atoms with Crippen molar-refractivity contribution in [2.45, 2.75) is 12.6 Å². The Morgan fingerprint density at radius 2 is 1.95 bits per heavy atom. The fourth-order valence-corrected chi connectivity index (χ4v) is 2.13. The molecule has 0 aromatic rings. The van der Waals surface area contributed by atoms with Crippen LogP contribution in [0.1, 0.15) is 6.42 Å². The molecular weight excluding hydrogens is 281 g/mol. The van der Waals surface area contributed by atoms with Crippen LogP contribution in [0.5, 0.6) is 0 Å². The second-order valence-electron chi connectivity index (χ2n) is 4.90. The van der Waals surface area contributed by atoms with E-state index in [-0.39, 0.29) is 12.5 Å². The first-order chi connectivity index (χ1) is 9.20. The molecule has 2 rings (SSSR count). The number of carboxylic acids is 1. The van der Waals surface area contributed by atoms with Crippen LogP contribution in [0.2, 0.25) is 0 Å². The van der Waals surface area contributed by atoms with E-state index in [1.165, 1.54) is 0 Å². The number of hydrogen-bond donors (Lipinski definition) is 2. The van der Waals surface area contributed by atoms with E-state index in [4.69, 9.17) is 14.6 Å². The molecule has 1 amide bonds. The molecule has 2 heterocycles. The van der Waals surface area contributed by atoms with Crippen molar-refractivity contribution in [3.05, 3.63) is 0 Å². The second-order valence-corrected chi connectivity index (χ2v) is 4.90. The summed E-state index contributed by atoms with van der Waals surface area (Å²) in [7, 11) is 1.56. The third-order valence-electron chi connectivity index (χ3n) is 3.30. The maximum atomic E-state index is 11.5. The number of carbonyl (C=O) groups is 2. The lowest BCUT2D eigenvalue weighted by Crippen LogP contribution is -2.55. The molecule has 0 bridgehead atoms. The molecule has 2 aliphatic rings. The van der Waals surface area contributed by atoms with Crippen molar-refractivity contribution in [2.24, 2.45) is 5.41 Å². The Hall–Kier alpha value is -1.35. The number of aliphatic carboxylic acids is 1. The molecule has 2 N–H and O–H groups in total. The van der Waals surface area contributed by atoms with Crippen molar-refractivity contribution in [3.63, 3.8) is 0 Å². The van der Waals surface area contributed by atoms with Crippen LogP contribution in [-0.2, 0) is 14.3 Å². The zero-order chi connectivity index (χ0) is 15.4. The first kappa shape index (κ1) is 16.7. The number of alkyl halides is 3. The van der Waals surface area contributed by atoms with Gasteiger partial charge in [-0.2, -0.15) is 13.2 Å². The van der Waals surface area contributed by atoms with Crippen molar-refractivity contribution in [2.75, 3.05) is 39.9 Å². The first-order valence-electron chi connectivity index (χ1n) is 5.98. The SMILES string of the molecule is COCC(=O)N1CCC2(CNC2)C1.O=C(O)C(F)(F)F. The van der Waals surface area contributed by atoms with E-state index in [2.05, 4.69) is 5.32 Å². The monoisotopic (exact) mass is 298 g/mol. The number of carbonyl (C=O) groups excluding carboxylic acids is 1. The van der Waals surface area contributed by atoms with Gasteiger partial charge in [0.1, 0.15) is 6.61 Å². The van der Waals surface area contributed by atoms with Crippen molar-refractivity contribution in [1.29, 1.82) is 0 Å². The largest absolute Gasteiger partial charge is 0.490 e. The highest BCUT2D eigenvalue weighted by Crippen LogP contribution is 2.33. The Kier molecular flexibility index (Phi) is 5.35. The molecule has 0 aliphatic carbocycles. The Morgan fingerprint density at radius 3 is 2.25 bits per heavy atom. The smallest absolute Gasteiger partial charge is 0.475 e. The molecule has 2 aliphatic heterocycles. The van der Waals surface area contributed by atoms with E-state index in [1.807, 2.05) is 4.90 Å². The minimum Gasteiger partial charge on any atom is -0.475 e. The van der Waals surface area contributed by atoms with E-state index in [1.54, 1.807) is 7.11 Å². The minimum atomic E-state index is -5.08. The number of amides is 1. The van der Waals surface area contributed by atoms with Crippen LogP contribution in [0.15, 0.2) is 0 Å². The van der Waals surface area contributed by atoms with Gasteiger partial charge in [-0.3, -0.25) is 4.79 Å². The van der Waals surface area contributed by atoms with Crippen molar-refractivity contribution >= 4 is 11.9 Å². The van der Waals surface area contributed by atoms with Gasteiger partial charge in [0.25, 0.3) is 0 Å². The number of methoxy groups -OCH3 is 1. The zero-order valence-corrected chi connectivity index (χ0v) is 11.0. The van der Waals surface area contributed by atoms with Crippen LogP contribution in [0.25, 0.3) is 0 Å². The third-order valence-corrected chi connectivity index (χ3v) is 3.30. The lowest BCUT2D eigenvalue weighted by molar-refractivity contribution is -0.192. The molecule has 9 heteroatoms. The van der Waals surface area contributed by atoms with Gasteiger partial charge < -0.3 is 20.1 Å². The summed E-state index contributed by atoms with van der Waals surface area (Å²) < 4.78 is 36.6. The maximum Gasteiger partial charge on any atom is 0.490 e. The number of ether oxygens (including phenoxy) is 1. The van der Waals surface area contributed by atoms with Gasteiger partial charge in [0.05, 0.1) is 0 Å². The highest BCUT2D eigenvalue weighted by Gasteiger charge is 2.44. The van der Waals surface area contributed by atoms with E-state index in [0.717, 1.165) is 32.6 Å². The molecule has 0 saturated carbocycles. The summed E-state index contributed by atoms with van der Waals surface area (Å²) >= 11 is 0. The minimum absolute atomic E-state index is 0.131. The van der Waals surface area contributed by atoms with Crippen molar-refractivity contribution < 1.29 is 32.6 Å². The van der Waals surface area contributed by atoms with E-state index in [9.17, 15) is 18.0 Å². The Balaban J connectivity index is 0.000000246. The standard InChI is InChI=1S/C9H16N2O2.C2HF3O2/c1-13-4-8(12)11-3-2-9(7-11)5-10-6-9;3-2(4,5)1(6)7/h10H,2-7H2,1H3;(H,6,7). The Bertz CT molecular complexity index is 369. The number of hydrogen-bond acceptors (Lipinski definition) is 4. The van der Waals surface area contributed by atoms with Crippen LogP contribution in [-0.4, -0.2) is 68.0 Å². The topological polar surface area (TPSA) is 78.9 Å². The van der Waals surface area contributed by atoms with E-state index in [0.29, 0.717) is 5.41 Å². The molecule has 2 fully saturated rings. The third kappa shape index (κ3) is 4.34. The normalized spacial score (nSPS) is 20.1. The number of likely N-dealkylation sites (tertiary alicyclic amines) is 1. The number of carboxylic acid groups (broad SMARTS) is 1. The quantitative estimate of drug-likeness (QED) is 0.755. The van der Waals surface area contributed by atoms with Gasteiger partial charge in [-0.05, 0) is 6.42 Å². The fourth-order valence-electron chi connectivity index (χ4n) is 2.13. The lowest BCUT2D eigenvalue weighted by Gasteiger charge is -2.38. The zero-order valence-electron chi connectivity index (χ0n) is 11.0. The number of nitrogens with one attached hydrogen (secondary N) is 1. The van der Waals surface area contributed by atoms with Crippen LogP contribution >= 0.6 is 0 Å². The highest BCUT2D eigenvalue weighted by atomic mass is 19.4. The molecule has 20 heavy (non-hydrogen) atoms. The summed E-state index contributed by atoms with van der Waals surface area (Å²) in [6.45, 7) is 4.20. The van der Waals surface area contributed by atoms with Gasteiger partial charge in [-0.15, -0.1) is 0 Å². The molecule has 0 aromatic heterocycles. The average molecular weight is 298 g/mol. The molecule has 2 saturated heterocycles. The van der Waals surface area contributed by atoms with E-state index >= 15 is 0 Å². The summed E-state index contributed by atoms with van der Waals surface area (Å²) in [6, 6.07) is 0. The molecule has 0 radical (unpaired) electrons. The van der Waals surface area contributed by atoms with Gasteiger partial charge in [0, 0.05) is 38.7 Å². The summed E-state index contributed by atoms with van der Waals surface area (Å²) in [6.07, 6.45) is -3.94. The molecule has 0 aromatic carbocycles. The second kappa shape index (κ2) is 6.40. The van der Waals surface area contributed by atoms with Gasteiger partial charge >= 0.3 is 12.1 Å². The Morgan fingerprint density at radius 1 is 1.40 bits per heavy atom. The van der Waals surface area contributed by atoms with Crippen LogP contribution in [0.3, 0.4) is 0 Å². The predicted molar refractivity (Wildman–Crippen MR) is 62.1 cm³/mol.